The Morgan fingerprint density at radius 1 is 1.39 bits per heavy atom. The molecule has 1 aliphatic rings. The summed E-state index contributed by atoms with van der Waals surface area (Å²) in [4.78, 5) is 25.2. The van der Waals surface area contributed by atoms with Crippen LogP contribution in [0.15, 0.2) is 24.3 Å². The van der Waals surface area contributed by atoms with Crippen LogP contribution in [0.3, 0.4) is 0 Å². The first kappa shape index (κ1) is 13.1. The van der Waals surface area contributed by atoms with E-state index in [0.29, 0.717) is 17.0 Å². The standard InChI is InChI=1S/C14H16ClNO2/c15-9-12-6-3-4-8-16(12)14(18)13-7-2-1-5-11(13)10-17/h1-2,5,7,10,12H,3-4,6,8-9H2/t12-/m0/s1. The van der Waals surface area contributed by atoms with Crippen LogP contribution in [0.1, 0.15) is 40.0 Å². The van der Waals surface area contributed by atoms with Gasteiger partial charge in [-0.2, -0.15) is 0 Å². The van der Waals surface area contributed by atoms with Crippen molar-refractivity contribution in [2.24, 2.45) is 0 Å². The maximum Gasteiger partial charge on any atom is 0.254 e. The monoisotopic (exact) mass is 265 g/mol. The summed E-state index contributed by atoms with van der Waals surface area (Å²) in [5, 5.41) is 0. The van der Waals surface area contributed by atoms with E-state index in [1.807, 2.05) is 0 Å². The molecule has 3 nitrogen and oxygen atoms in total. The van der Waals surface area contributed by atoms with Crippen molar-refractivity contribution in [3.63, 3.8) is 0 Å². The van der Waals surface area contributed by atoms with E-state index in [4.69, 9.17) is 11.6 Å². The average molecular weight is 266 g/mol. The van der Waals surface area contributed by atoms with Crippen molar-refractivity contribution < 1.29 is 9.59 Å². The lowest BCUT2D eigenvalue weighted by atomic mass is 10.0. The average Bonchev–Trinajstić information content (AvgIpc) is 2.46. The molecule has 4 heteroatoms. The predicted octanol–water partition coefficient (Wildman–Crippen LogP) is 2.73. The van der Waals surface area contributed by atoms with Crippen LogP contribution in [-0.2, 0) is 0 Å². The number of benzene rings is 1. The van der Waals surface area contributed by atoms with Crippen LogP contribution < -0.4 is 0 Å². The van der Waals surface area contributed by atoms with Gasteiger partial charge in [0, 0.05) is 24.0 Å². The number of alkyl halides is 1. The zero-order valence-electron chi connectivity index (χ0n) is 10.1. The minimum Gasteiger partial charge on any atom is -0.334 e. The second-order valence-electron chi connectivity index (χ2n) is 4.51. The largest absolute Gasteiger partial charge is 0.334 e. The molecular formula is C14H16ClNO2. The minimum atomic E-state index is -0.0805. The van der Waals surface area contributed by atoms with Crippen molar-refractivity contribution in [2.75, 3.05) is 12.4 Å². The van der Waals surface area contributed by atoms with Crippen molar-refractivity contribution >= 4 is 23.8 Å². The molecule has 1 aliphatic heterocycles. The van der Waals surface area contributed by atoms with E-state index < -0.39 is 0 Å². The zero-order valence-corrected chi connectivity index (χ0v) is 10.9. The lowest BCUT2D eigenvalue weighted by molar-refractivity contribution is 0.0637. The zero-order chi connectivity index (χ0) is 13.0. The highest BCUT2D eigenvalue weighted by Crippen LogP contribution is 2.21. The third kappa shape index (κ3) is 2.56. The Kier molecular flexibility index (Phi) is 4.37. The van der Waals surface area contributed by atoms with Crippen LogP contribution in [0.5, 0.6) is 0 Å². The molecule has 0 unspecified atom stereocenters. The Balaban J connectivity index is 2.26. The van der Waals surface area contributed by atoms with Crippen LogP contribution >= 0.6 is 11.6 Å². The van der Waals surface area contributed by atoms with Gasteiger partial charge < -0.3 is 4.90 Å². The molecule has 18 heavy (non-hydrogen) atoms. The lowest BCUT2D eigenvalue weighted by Gasteiger charge is -2.34. The molecule has 0 aromatic heterocycles. The SMILES string of the molecule is O=Cc1ccccc1C(=O)N1CCCC[C@H]1CCl. The highest BCUT2D eigenvalue weighted by Gasteiger charge is 2.27. The first-order valence-electron chi connectivity index (χ1n) is 6.19. The Morgan fingerprint density at radius 2 is 2.17 bits per heavy atom. The Hall–Kier alpha value is -1.35. The summed E-state index contributed by atoms with van der Waals surface area (Å²) < 4.78 is 0. The number of halogens is 1. The number of amides is 1. The summed E-state index contributed by atoms with van der Waals surface area (Å²) in [5.74, 6) is 0.373. The number of piperidine rings is 1. The molecule has 1 atom stereocenters. The van der Waals surface area contributed by atoms with Gasteiger partial charge in [0.2, 0.25) is 0 Å². The summed E-state index contributed by atoms with van der Waals surface area (Å²) >= 11 is 5.92. The summed E-state index contributed by atoms with van der Waals surface area (Å²) in [5.41, 5.74) is 0.922. The summed E-state index contributed by atoms with van der Waals surface area (Å²) in [6, 6.07) is 6.99. The fourth-order valence-corrected chi connectivity index (χ4v) is 2.70. The predicted molar refractivity (Wildman–Crippen MR) is 71.2 cm³/mol. The number of aldehydes is 1. The van der Waals surface area contributed by atoms with Gasteiger partial charge in [0.05, 0.1) is 5.56 Å². The van der Waals surface area contributed by atoms with Crippen LogP contribution in [0.25, 0.3) is 0 Å². The third-order valence-electron chi connectivity index (χ3n) is 3.38. The molecule has 1 saturated heterocycles. The number of carbonyl (C=O) groups is 2. The van der Waals surface area contributed by atoms with Crippen LogP contribution in [0, 0.1) is 0 Å². The third-order valence-corrected chi connectivity index (χ3v) is 3.74. The van der Waals surface area contributed by atoms with E-state index in [9.17, 15) is 9.59 Å². The van der Waals surface area contributed by atoms with Crippen molar-refractivity contribution in [1.29, 1.82) is 0 Å². The molecule has 0 N–H and O–H groups in total. The fraction of sp³-hybridized carbons (Fsp3) is 0.429. The van der Waals surface area contributed by atoms with E-state index in [1.165, 1.54) is 0 Å². The van der Waals surface area contributed by atoms with Crippen molar-refractivity contribution in [3.05, 3.63) is 35.4 Å². The van der Waals surface area contributed by atoms with Gasteiger partial charge in [-0.25, -0.2) is 0 Å². The van der Waals surface area contributed by atoms with Gasteiger partial charge in [-0.3, -0.25) is 9.59 Å². The van der Waals surface area contributed by atoms with Gasteiger partial charge in [-0.1, -0.05) is 18.2 Å². The van der Waals surface area contributed by atoms with Crippen molar-refractivity contribution in [2.45, 2.75) is 25.3 Å². The first-order chi connectivity index (χ1) is 8.77. The Labute approximate surface area is 112 Å². The van der Waals surface area contributed by atoms with Gasteiger partial charge >= 0.3 is 0 Å². The maximum absolute atomic E-state index is 12.5. The Bertz CT molecular complexity index is 447. The van der Waals surface area contributed by atoms with Crippen molar-refractivity contribution in [1.82, 2.24) is 4.90 Å². The second kappa shape index (κ2) is 6.01. The summed E-state index contributed by atoms with van der Waals surface area (Å²) in [6.07, 6.45) is 3.78. The van der Waals surface area contributed by atoms with Gasteiger partial charge in [0.1, 0.15) is 0 Å². The summed E-state index contributed by atoms with van der Waals surface area (Å²) in [6.45, 7) is 0.726. The topological polar surface area (TPSA) is 37.4 Å². The van der Waals surface area contributed by atoms with E-state index >= 15 is 0 Å². The highest BCUT2D eigenvalue weighted by atomic mass is 35.5. The number of carbonyl (C=O) groups excluding carboxylic acids is 2. The quantitative estimate of drug-likeness (QED) is 0.622. The number of likely N-dealkylation sites (tertiary alicyclic amines) is 1. The molecule has 0 saturated carbocycles. The van der Waals surface area contributed by atoms with Crippen LogP contribution in [0.2, 0.25) is 0 Å². The molecular weight excluding hydrogens is 250 g/mol. The molecule has 2 rings (SSSR count). The Morgan fingerprint density at radius 3 is 2.89 bits per heavy atom. The number of nitrogens with zero attached hydrogens (tertiary/aromatic N) is 1. The molecule has 0 spiro atoms. The van der Waals surface area contributed by atoms with Gasteiger partial charge in [0.25, 0.3) is 5.91 Å². The van der Waals surface area contributed by atoms with E-state index in [0.717, 1.165) is 32.1 Å². The van der Waals surface area contributed by atoms with Crippen LogP contribution in [-0.4, -0.2) is 35.6 Å². The molecule has 0 radical (unpaired) electrons. The molecule has 0 aliphatic carbocycles. The molecule has 96 valence electrons. The van der Waals surface area contributed by atoms with E-state index in [-0.39, 0.29) is 11.9 Å². The molecule has 1 amide bonds. The van der Waals surface area contributed by atoms with Crippen molar-refractivity contribution in [3.8, 4) is 0 Å². The minimum absolute atomic E-state index is 0.0805. The lowest BCUT2D eigenvalue weighted by Crippen LogP contribution is -2.45. The van der Waals surface area contributed by atoms with Crippen LogP contribution in [0.4, 0.5) is 0 Å². The smallest absolute Gasteiger partial charge is 0.254 e. The molecule has 1 aromatic rings. The molecule has 1 fully saturated rings. The summed E-state index contributed by atoms with van der Waals surface area (Å²) in [7, 11) is 0. The van der Waals surface area contributed by atoms with Gasteiger partial charge in [-0.15, -0.1) is 11.6 Å². The molecule has 1 aromatic carbocycles. The van der Waals surface area contributed by atoms with E-state index in [1.54, 1.807) is 29.2 Å². The van der Waals surface area contributed by atoms with E-state index in [2.05, 4.69) is 0 Å². The first-order valence-corrected chi connectivity index (χ1v) is 6.72. The van der Waals surface area contributed by atoms with Gasteiger partial charge in [-0.05, 0) is 25.3 Å². The number of hydrogen-bond donors (Lipinski definition) is 0. The second-order valence-corrected chi connectivity index (χ2v) is 4.82. The molecule has 0 bridgehead atoms. The highest BCUT2D eigenvalue weighted by molar-refractivity contribution is 6.18. The normalized spacial score (nSPS) is 19.6. The fourth-order valence-electron chi connectivity index (χ4n) is 2.38. The van der Waals surface area contributed by atoms with Gasteiger partial charge in [0.15, 0.2) is 6.29 Å². The molecule has 1 heterocycles. The number of hydrogen-bond acceptors (Lipinski definition) is 2. The maximum atomic E-state index is 12.5. The number of rotatable bonds is 3.